The number of nitriles is 1. The number of nitrogens with zero attached hydrogens (tertiary/aromatic N) is 2. The molecule has 0 saturated carbocycles. The van der Waals surface area contributed by atoms with Crippen LogP contribution < -0.4 is 0 Å². The number of benzene rings is 3. The van der Waals surface area contributed by atoms with Gasteiger partial charge in [-0.2, -0.15) is 5.26 Å². The Hall–Kier alpha value is -3.84. The second-order valence-electron chi connectivity index (χ2n) is 7.43. The van der Waals surface area contributed by atoms with Gasteiger partial charge in [0, 0.05) is 18.3 Å². The van der Waals surface area contributed by atoms with Gasteiger partial charge in [-0.15, -0.1) is 0 Å². The molecule has 31 heavy (non-hydrogen) atoms. The molecule has 154 valence electrons. The molecule has 1 aromatic heterocycles. The highest BCUT2D eigenvalue weighted by Crippen LogP contribution is 2.34. The van der Waals surface area contributed by atoms with E-state index in [-0.39, 0.29) is 6.61 Å². The van der Waals surface area contributed by atoms with Crippen molar-refractivity contribution in [2.45, 2.75) is 20.3 Å². The van der Waals surface area contributed by atoms with Crippen LogP contribution in [-0.4, -0.2) is 17.1 Å². The van der Waals surface area contributed by atoms with Gasteiger partial charge in [-0.1, -0.05) is 67.6 Å². The topological polar surface area (TPSA) is 55.0 Å². The van der Waals surface area contributed by atoms with Crippen molar-refractivity contribution >= 4 is 16.7 Å². The molecular formula is C27H24N2O2. The van der Waals surface area contributed by atoms with Crippen molar-refractivity contribution in [2.24, 2.45) is 7.05 Å². The van der Waals surface area contributed by atoms with Gasteiger partial charge in [0.05, 0.1) is 12.2 Å². The summed E-state index contributed by atoms with van der Waals surface area (Å²) in [5, 5.41) is 12.3. The van der Waals surface area contributed by atoms with Crippen molar-refractivity contribution in [3.8, 4) is 28.3 Å². The second kappa shape index (κ2) is 8.49. The molecule has 0 fully saturated rings. The zero-order valence-electron chi connectivity index (χ0n) is 18.0. The fraction of sp³-hybridized carbons (Fsp3) is 0.185. The summed E-state index contributed by atoms with van der Waals surface area (Å²) in [5.74, 6) is -0.408. The zero-order valence-corrected chi connectivity index (χ0v) is 18.0. The molecule has 0 radical (unpaired) electrons. The first kappa shape index (κ1) is 20.4. The molecule has 4 rings (SSSR count). The van der Waals surface area contributed by atoms with E-state index >= 15 is 0 Å². The van der Waals surface area contributed by atoms with Crippen LogP contribution in [0.4, 0.5) is 0 Å². The van der Waals surface area contributed by atoms with Gasteiger partial charge in [-0.25, -0.2) is 4.79 Å². The molecular weight excluding hydrogens is 384 g/mol. The van der Waals surface area contributed by atoms with Gasteiger partial charge in [0.1, 0.15) is 11.8 Å². The van der Waals surface area contributed by atoms with E-state index < -0.39 is 5.97 Å². The highest BCUT2D eigenvalue weighted by atomic mass is 16.5. The fourth-order valence-corrected chi connectivity index (χ4v) is 4.19. The van der Waals surface area contributed by atoms with E-state index in [0.717, 1.165) is 22.4 Å². The number of aromatic nitrogens is 1. The van der Waals surface area contributed by atoms with Crippen LogP contribution in [-0.2, 0) is 18.2 Å². The van der Waals surface area contributed by atoms with Gasteiger partial charge in [-0.3, -0.25) is 0 Å². The molecule has 0 atom stereocenters. The highest BCUT2D eigenvalue weighted by Gasteiger charge is 2.26. The van der Waals surface area contributed by atoms with Crippen LogP contribution in [0.5, 0.6) is 0 Å². The van der Waals surface area contributed by atoms with Gasteiger partial charge in [0.25, 0.3) is 0 Å². The first-order valence-electron chi connectivity index (χ1n) is 10.5. The quantitative estimate of drug-likeness (QED) is 0.374. The summed E-state index contributed by atoms with van der Waals surface area (Å²) < 4.78 is 7.09. The molecule has 4 aromatic rings. The van der Waals surface area contributed by atoms with Crippen molar-refractivity contribution in [3.05, 3.63) is 83.7 Å². The van der Waals surface area contributed by atoms with E-state index in [1.807, 2.05) is 50.4 Å². The van der Waals surface area contributed by atoms with Crippen molar-refractivity contribution in [3.63, 3.8) is 0 Å². The lowest BCUT2D eigenvalue weighted by molar-refractivity contribution is 0.0516. The highest BCUT2D eigenvalue weighted by molar-refractivity contribution is 5.99. The minimum atomic E-state index is -0.408. The maximum atomic E-state index is 12.7. The molecule has 0 bridgehead atoms. The molecule has 4 heteroatoms. The van der Waals surface area contributed by atoms with E-state index in [1.54, 1.807) is 11.5 Å². The smallest absolute Gasteiger partial charge is 0.355 e. The number of carbonyl (C=O) groups excluding carboxylic acids is 1. The van der Waals surface area contributed by atoms with Crippen LogP contribution in [0.3, 0.4) is 0 Å². The summed E-state index contributed by atoms with van der Waals surface area (Å²) in [4.78, 5) is 12.7. The maximum absolute atomic E-state index is 12.7. The number of carbonyl (C=O) groups is 1. The van der Waals surface area contributed by atoms with E-state index in [1.165, 1.54) is 10.8 Å². The predicted molar refractivity (Wildman–Crippen MR) is 124 cm³/mol. The summed E-state index contributed by atoms with van der Waals surface area (Å²) in [6, 6.07) is 25.0. The van der Waals surface area contributed by atoms with Crippen LogP contribution in [0, 0.1) is 11.3 Å². The second-order valence-corrected chi connectivity index (χ2v) is 7.43. The Morgan fingerprint density at radius 1 is 0.935 bits per heavy atom. The normalized spacial score (nSPS) is 10.8. The Balaban J connectivity index is 1.81. The average molecular weight is 409 g/mol. The summed E-state index contributed by atoms with van der Waals surface area (Å²) in [7, 11) is 1.82. The van der Waals surface area contributed by atoms with E-state index in [4.69, 9.17) is 4.74 Å². The summed E-state index contributed by atoms with van der Waals surface area (Å²) in [6.07, 6.45) is 0.654. The van der Waals surface area contributed by atoms with Crippen LogP contribution in [0.25, 0.3) is 33.0 Å². The molecule has 0 spiro atoms. The van der Waals surface area contributed by atoms with Crippen LogP contribution >= 0.6 is 0 Å². The third-order valence-corrected chi connectivity index (χ3v) is 5.69. The first-order valence-corrected chi connectivity index (χ1v) is 10.5. The van der Waals surface area contributed by atoms with Crippen LogP contribution in [0.1, 0.15) is 35.6 Å². The van der Waals surface area contributed by atoms with E-state index in [9.17, 15) is 10.1 Å². The monoisotopic (exact) mass is 408 g/mol. The number of fused-ring (bicyclic) bond motifs is 1. The van der Waals surface area contributed by atoms with E-state index in [0.29, 0.717) is 23.2 Å². The number of hydrogen-bond donors (Lipinski definition) is 0. The molecule has 0 aliphatic carbocycles. The van der Waals surface area contributed by atoms with Gasteiger partial charge in [-0.05, 0) is 46.9 Å². The minimum Gasteiger partial charge on any atom is -0.461 e. The lowest BCUT2D eigenvalue weighted by Crippen LogP contribution is -2.12. The van der Waals surface area contributed by atoms with Crippen molar-refractivity contribution in [1.82, 2.24) is 4.57 Å². The maximum Gasteiger partial charge on any atom is 0.355 e. The first-order chi connectivity index (χ1) is 15.1. The van der Waals surface area contributed by atoms with Crippen LogP contribution in [0.2, 0.25) is 0 Å². The largest absolute Gasteiger partial charge is 0.461 e. The predicted octanol–water partition coefficient (Wildman–Crippen LogP) is 6.12. The lowest BCUT2D eigenvalue weighted by Gasteiger charge is -2.09. The van der Waals surface area contributed by atoms with Crippen molar-refractivity contribution in [2.75, 3.05) is 6.61 Å². The SMILES string of the molecule is CCOC(=O)c1c(-c2ccc(-c3ccc4ccccc4c3)cc2)c(C#N)c(CC)n1C. The number of ether oxygens (including phenoxy) is 1. The molecule has 0 aliphatic rings. The van der Waals surface area contributed by atoms with Crippen LogP contribution in [0.15, 0.2) is 66.7 Å². The number of rotatable bonds is 5. The zero-order chi connectivity index (χ0) is 22.0. The minimum absolute atomic E-state index is 0.285. The fourth-order valence-electron chi connectivity index (χ4n) is 4.19. The van der Waals surface area contributed by atoms with Gasteiger partial charge >= 0.3 is 5.97 Å². The number of hydrogen-bond acceptors (Lipinski definition) is 3. The number of esters is 1. The van der Waals surface area contributed by atoms with Crippen molar-refractivity contribution < 1.29 is 9.53 Å². The Morgan fingerprint density at radius 2 is 1.58 bits per heavy atom. The Kier molecular flexibility index (Phi) is 5.60. The molecule has 1 heterocycles. The van der Waals surface area contributed by atoms with E-state index in [2.05, 4.69) is 36.4 Å². The molecule has 0 unspecified atom stereocenters. The standard InChI is InChI=1S/C27H24N2O2/c1-4-24-23(17-28)25(26(29(24)3)27(30)31-5-2)20-13-10-19(11-14-20)22-15-12-18-8-6-7-9-21(18)16-22/h6-16H,4-5H2,1-3H3. The molecule has 0 N–H and O–H groups in total. The molecule has 0 saturated heterocycles. The summed E-state index contributed by atoms with van der Waals surface area (Å²) in [5.41, 5.74) is 5.47. The molecule has 4 nitrogen and oxygen atoms in total. The van der Waals surface area contributed by atoms with Gasteiger partial charge in [0.15, 0.2) is 0 Å². The summed E-state index contributed by atoms with van der Waals surface area (Å²) in [6.45, 7) is 4.05. The Bertz CT molecular complexity index is 1310. The summed E-state index contributed by atoms with van der Waals surface area (Å²) >= 11 is 0. The van der Waals surface area contributed by atoms with Gasteiger partial charge < -0.3 is 9.30 Å². The molecule has 0 aliphatic heterocycles. The third-order valence-electron chi connectivity index (χ3n) is 5.69. The third kappa shape index (κ3) is 3.60. The van der Waals surface area contributed by atoms with Crippen molar-refractivity contribution in [1.29, 1.82) is 5.26 Å². The van der Waals surface area contributed by atoms with Gasteiger partial charge in [0.2, 0.25) is 0 Å². The average Bonchev–Trinajstić information content (AvgIpc) is 3.10. The lowest BCUT2D eigenvalue weighted by atomic mass is 9.96. The molecule has 3 aromatic carbocycles. The Morgan fingerprint density at radius 3 is 2.23 bits per heavy atom. The Labute approximate surface area is 182 Å². The molecule has 0 amide bonds.